The van der Waals surface area contributed by atoms with Crippen molar-refractivity contribution in [3.8, 4) is 0 Å². The minimum absolute atomic E-state index is 0.210. The van der Waals surface area contributed by atoms with Gasteiger partial charge in [0.15, 0.2) is 4.98 Å². The monoisotopic (exact) mass is 252 g/mol. The van der Waals surface area contributed by atoms with Crippen LogP contribution in [0.3, 0.4) is 0 Å². The maximum atomic E-state index is 11.7. The number of diazo groups is 1. The molecule has 0 aliphatic carbocycles. The van der Waals surface area contributed by atoms with Crippen LogP contribution in [0.15, 0.2) is 36.4 Å². The second kappa shape index (κ2) is 5.46. The summed E-state index contributed by atoms with van der Waals surface area (Å²) in [6.45, 7) is 2.02. The maximum Gasteiger partial charge on any atom is 0.409 e. The van der Waals surface area contributed by atoms with E-state index in [1.807, 2.05) is 6.92 Å². The molecule has 1 aromatic carbocycles. The molecule has 0 atom stereocenters. The van der Waals surface area contributed by atoms with Crippen molar-refractivity contribution in [1.29, 1.82) is 5.39 Å². The van der Waals surface area contributed by atoms with Crippen molar-refractivity contribution in [2.24, 2.45) is 0 Å². The van der Waals surface area contributed by atoms with Crippen molar-refractivity contribution in [2.45, 2.75) is 6.92 Å². The fourth-order valence-electron chi connectivity index (χ4n) is 1.37. The van der Waals surface area contributed by atoms with Gasteiger partial charge < -0.3 is 0 Å². The number of hydrogen-bond acceptors (Lipinski definition) is 3. The minimum Gasteiger partial charge on any atom is -0.259 e. The summed E-state index contributed by atoms with van der Waals surface area (Å²) in [5.74, 6) is 0. The van der Waals surface area contributed by atoms with Crippen molar-refractivity contribution >= 4 is 21.4 Å². The third-order valence-electron chi connectivity index (χ3n) is 2.17. The molecule has 0 aliphatic heterocycles. The van der Waals surface area contributed by atoms with E-state index in [1.54, 1.807) is 36.4 Å². The predicted octanol–water partition coefficient (Wildman–Crippen LogP) is 2.51. The minimum atomic E-state index is -3.41. The van der Waals surface area contributed by atoms with Gasteiger partial charge in [-0.2, -0.15) is 0 Å². The lowest BCUT2D eigenvalue weighted by Crippen LogP contribution is -2.29. The fraction of sp³-hybridized carbons (Fsp3) is 0.273. The molecular weight excluding hydrogens is 238 g/mol. The molecule has 0 amide bonds. The van der Waals surface area contributed by atoms with Crippen LogP contribution in [0.1, 0.15) is 6.92 Å². The first kappa shape index (κ1) is 13.2. The molecule has 0 aromatic heterocycles. The van der Waals surface area contributed by atoms with Gasteiger partial charge in [-0.3, -0.25) is 4.31 Å². The molecule has 0 aliphatic rings. The zero-order chi connectivity index (χ0) is 12.9. The molecule has 0 N–H and O–H groups in total. The molecule has 0 radical (unpaired) electrons. The van der Waals surface area contributed by atoms with Gasteiger partial charge in [0.1, 0.15) is 5.69 Å². The molecule has 1 aromatic rings. The average Bonchev–Trinajstić information content (AvgIpc) is 2.28. The van der Waals surface area contributed by atoms with E-state index in [4.69, 9.17) is 5.39 Å². The third kappa shape index (κ3) is 3.29. The van der Waals surface area contributed by atoms with Crippen molar-refractivity contribution < 1.29 is 8.42 Å². The standard InChI is InChI=1S/C11H14N3O2S/c1-3-4-9-14(17(2,15)16)11-8-6-5-7-10(11)13-12/h3-8H,9H2,1-2H3/q+1/b4-3+. The Bertz CT molecular complexity index is 558. The van der Waals surface area contributed by atoms with Crippen molar-refractivity contribution in [1.82, 2.24) is 0 Å². The SMILES string of the molecule is C/C=C/CN(c1ccccc1[N+]#N)S(C)(=O)=O. The van der Waals surface area contributed by atoms with Crippen LogP contribution < -0.4 is 4.31 Å². The van der Waals surface area contributed by atoms with E-state index in [0.717, 1.165) is 6.26 Å². The Balaban J connectivity index is 3.28. The van der Waals surface area contributed by atoms with Gasteiger partial charge in [0, 0.05) is 6.07 Å². The second-order valence-electron chi connectivity index (χ2n) is 3.45. The van der Waals surface area contributed by atoms with Crippen LogP contribution in [0.25, 0.3) is 4.98 Å². The van der Waals surface area contributed by atoms with Gasteiger partial charge in [0.2, 0.25) is 15.4 Å². The highest BCUT2D eigenvalue weighted by molar-refractivity contribution is 7.92. The number of sulfonamides is 1. The molecular formula is C11H14N3O2S+. The molecule has 6 heteroatoms. The van der Waals surface area contributed by atoms with Gasteiger partial charge in [-0.25, -0.2) is 8.42 Å². The van der Waals surface area contributed by atoms with Gasteiger partial charge in [-0.05, 0) is 13.0 Å². The Morgan fingerprint density at radius 1 is 1.41 bits per heavy atom. The van der Waals surface area contributed by atoms with Crippen LogP contribution in [-0.2, 0) is 10.0 Å². The highest BCUT2D eigenvalue weighted by Gasteiger charge is 2.24. The van der Waals surface area contributed by atoms with Crippen LogP contribution in [0, 0.1) is 5.39 Å². The number of para-hydroxylation sites is 1. The van der Waals surface area contributed by atoms with E-state index in [9.17, 15) is 8.42 Å². The van der Waals surface area contributed by atoms with Gasteiger partial charge in [0.05, 0.1) is 12.8 Å². The molecule has 5 nitrogen and oxygen atoms in total. The molecule has 0 fully saturated rings. The van der Waals surface area contributed by atoms with Crippen molar-refractivity contribution in [3.63, 3.8) is 0 Å². The number of anilines is 1. The lowest BCUT2D eigenvalue weighted by atomic mass is 10.2. The van der Waals surface area contributed by atoms with E-state index in [0.29, 0.717) is 5.69 Å². The number of benzene rings is 1. The van der Waals surface area contributed by atoms with Gasteiger partial charge in [-0.1, -0.05) is 24.3 Å². The first-order valence-corrected chi connectivity index (χ1v) is 6.88. The van der Waals surface area contributed by atoms with E-state index in [1.165, 1.54) is 4.31 Å². The fourth-order valence-corrected chi connectivity index (χ4v) is 2.24. The van der Waals surface area contributed by atoms with E-state index in [-0.39, 0.29) is 12.2 Å². The Hall–Kier alpha value is -1.87. The zero-order valence-electron chi connectivity index (χ0n) is 9.74. The van der Waals surface area contributed by atoms with Crippen LogP contribution >= 0.6 is 0 Å². The summed E-state index contributed by atoms with van der Waals surface area (Å²) < 4.78 is 24.5. The summed E-state index contributed by atoms with van der Waals surface area (Å²) in [6.07, 6.45) is 4.59. The third-order valence-corrected chi connectivity index (χ3v) is 3.31. The van der Waals surface area contributed by atoms with Crippen molar-refractivity contribution in [3.05, 3.63) is 41.4 Å². The molecule has 1 rings (SSSR count). The van der Waals surface area contributed by atoms with Crippen LogP contribution in [-0.4, -0.2) is 21.2 Å². The highest BCUT2D eigenvalue weighted by Crippen LogP contribution is 2.29. The summed E-state index contributed by atoms with van der Waals surface area (Å²) in [4.78, 5) is 3.08. The quantitative estimate of drug-likeness (QED) is 0.611. The Morgan fingerprint density at radius 3 is 2.59 bits per heavy atom. The normalized spacial score (nSPS) is 11.4. The first-order valence-electron chi connectivity index (χ1n) is 5.03. The first-order chi connectivity index (χ1) is 8.00. The highest BCUT2D eigenvalue weighted by atomic mass is 32.2. The molecule has 90 valence electrons. The largest absolute Gasteiger partial charge is 0.409 e. The number of nitrogens with zero attached hydrogens (tertiary/aromatic N) is 3. The van der Waals surface area contributed by atoms with Crippen LogP contribution in [0.5, 0.6) is 0 Å². The summed E-state index contributed by atoms with van der Waals surface area (Å²) in [5, 5.41) is 8.84. The zero-order valence-corrected chi connectivity index (χ0v) is 10.6. The van der Waals surface area contributed by atoms with E-state index >= 15 is 0 Å². The number of hydrogen-bond donors (Lipinski definition) is 0. The lowest BCUT2D eigenvalue weighted by molar-refractivity contribution is 0.599. The maximum absolute atomic E-state index is 11.7. The molecule has 0 saturated heterocycles. The lowest BCUT2D eigenvalue weighted by Gasteiger charge is -2.18. The van der Waals surface area contributed by atoms with E-state index in [2.05, 4.69) is 4.98 Å². The summed E-state index contributed by atoms with van der Waals surface area (Å²) >= 11 is 0. The van der Waals surface area contributed by atoms with Crippen LogP contribution in [0.2, 0.25) is 0 Å². The molecule has 17 heavy (non-hydrogen) atoms. The van der Waals surface area contributed by atoms with Crippen LogP contribution in [0.4, 0.5) is 11.4 Å². The molecule has 0 saturated carbocycles. The Morgan fingerprint density at radius 2 is 2.06 bits per heavy atom. The summed E-state index contributed by atoms with van der Waals surface area (Å²) in [7, 11) is -3.41. The Labute approximate surface area is 101 Å². The number of rotatable bonds is 4. The molecule has 0 heterocycles. The second-order valence-corrected chi connectivity index (χ2v) is 5.36. The van der Waals surface area contributed by atoms with Gasteiger partial charge in [-0.15, -0.1) is 0 Å². The molecule has 0 bridgehead atoms. The summed E-state index contributed by atoms with van der Waals surface area (Å²) in [5.41, 5.74) is 0.582. The van der Waals surface area contributed by atoms with Gasteiger partial charge >= 0.3 is 5.69 Å². The molecule has 0 unspecified atom stereocenters. The topological polar surface area (TPSA) is 65.5 Å². The Kier molecular flexibility index (Phi) is 4.24. The smallest absolute Gasteiger partial charge is 0.259 e. The molecule has 0 spiro atoms. The average molecular weight is 252 g/mol. The summed E-state index contributed by atoms with van der Waals surface area (Å²) in [6, 6.07) is 6.51. The van der Waals surface area contributed by atoms with Gasteiger partial charge in [0.25, 0.3) is 0 Å². The van der Waals surface area contributed by atoms with Crippen molar-refractivity contribution in [2.75, 3.05) is 17.1 Å². The number of allylic oxidation sites excluding steroid dienone is 1. The van der Waals surface area contributed by atoms with E-state index < -0.39 is 10.0 Å². The predicted molar refractivity (Wildman–Crippen MR) is 68.2 cm³/mol.